The molecule has 1 aliphatic carbocycles. The SMILES string of the molecule is Cc1ccc(C(=O)NCc2ccc(Cl)cc2)n1CCN(C=O)CC1(SC(C)(C)C(C)O)CC1. The number of amides is 2. The molecule has 1 saturated carbocycles. The minimum Gasteiger partial charge on any atom is -0.392 e. The number of aliphatic hydroxyl groups is 1. The summed E-state index contributed by atoms with van der Waals surface area (Å²) in [5.74, 6) is -0.149. The number of nitrogens with zero attached hydrogens (tertiary/aromatic N) is 2. The Morgan fingerprint density at radius 2 is 1.97 bits per heavy atom. The zero-order valence-corrected chi connectivity index (χ0v) is 21.4. The third-order valence-electron chi connectivity index (χ3n) is 6.34. The Bertz CT molecular complexity index is 968. The number of aryl methyl sites for hydroxylation is 1. The Morgan fingerprint density at radius 3 is 2.55 bits per heavy atom. The molecule has 1 atom stereocenters. The quantitative estimate of drug-likeness (QED) is 0.435. The van der Waals surface area contributed by atoms with Crippen molar-refractivity contribution in [1.82, 2.24) is 14.8 Å². The van der Waals surface area contributed by atoms with Crippen LogP contribution in [0.1, 0.15) is 55.4 Å². The van der Waals surface area contributed by atoms with Crippen LogP contribution in [0.5, 0.6) is 0 Å². The summed E-state index contributed by atoms with van der Waals surface area (Å²) in [6, 6.07) is 11.1. The van der Waals surface area contributed by atoms with Crippen molar-refractivity contribution in [2.45, 2.75) is 69.2 Å². The molecule has 0 spiro atoms. The lowest BCUT2D eigenvalue weighted by Crippen LogP contribution is -2.39. The summed E-state index contributed by atoms with van der Waals surface area (Å²) in [5.41, 5.74) is 2.53. The van der Waals surface area contributed by atoms with Crippen LogP contribution in [0.3, 0.4) is 0 Å². The number of hydrogen-bond donors (Lipinski definition) is 2. The lowest BCUT2D eigenvalue weighted by Gasteiger charge is -2.34. The number of hydrogen-bond acceptors (Lipinski definition) is 4. The van der Waals surface area contributed by atoms with Gasteiger partial charge in [-0.05, 0) is 70.4 Å². The zero-order valence-electron chi connectivity index (χ0n) is 19.8. The normalized spacial score (nSPS) is 15.7. The van der Waals surface area contributed by atoms with E-state index in [4.69, 9.17) is 11.6 Å². The van der Waals surface area contributed by atoms with Gasteiger partial charge < -0.3 is 19.9 Å². The van der Waals surface area contributed by atoms with Crippen LogP contribution in [0.25, 0.3) is 0 Å². The minimum atomic E-state index is -0.430. The van der Waals surface area contributed by atoms with E-state index in [1.807, 2.05) is 56.5 Å². The highest BCUT2D eigenvalue weighted by atomic mass is 35.5. The first kappa shape index (κ1) is 25.7. The Morgan fingerprint density at radius 1 is 1.30 bits per heavy atom. The predicted molar refractivity (Wildman–Crippen MR) is 135 cm³/mol. The lowest BCUT2D eigenvalue weighted by molar-refractivity contribution is -0.118. The van der Waals surface area contributed by atoms with E-state index in [-0.39, 0.29) is 15.4 Å². The standard InChI is InChI=1S/C25H34ClN3O3S/c1-18-5-10-22(23(32)27-15-20-6-8-21(26)9-7-20)29(18)14-13-28(17-30)16-25(11-12-25)33-24(3,4)19(2)31/h5-10,17,19,31H,11-16H2,1-4H3,(H,27,32). The molecule has 0 aliphatic heterocycles. The number of carbonyl (C=O) groups excluding carboxylic acids is 2. The highest BCUT2D eigenvalue weighted by molar-refractivity contribution is 8.02. The molecule has 1 unspecified atom stereocenters. The van der Waals surface area contributed by atoms with E-state index >= 15 is 0 Å². The van der Waals surface area contributed by atoms with Crippen molar-refractivity contribution < 1.29 is 14.7 Å². The van der Waals surface area contributed by atoms with E-state index in [9.17, 15) is 14.7 Å². The van der Waals surface area contributed by atoms with E-state index < -0.39 is 6.10 Å². The minimum absolute atomic E-state index is 0.00587. The molecule has 1 aliphatic rings. The third-order valence-corrected chi connectivity index (χ3v) is 8.43. The molecule has 6 nitrogen and oxygen atoms in total. The fraction of sp³-hybridized carbons (Fsp3) is 0.520. The molecule has 3 rings (SSSR count). The molecule has 1 fully saturated rings. The number of halogens is 1. The first-order valence-corrected chi connectivity index (χ1v) is 12.5. The Hall–Kier alpha value is -1.96. The van der Waals surface area contributed by atoms with Gasteiger partial charge in [-0.2, -0.15) is 0 Å². The second kappa shape index (κ2) is 10.5. The number of carbonyl (C=O) groups is 2. The van der Waals surface area contributed by atoms with Crippen molar-refractivity contribution in [3.05, 3.63) is 58.4 Å². The van der Waals surface area contributed by atoms with Crippen LogP contribution >= 0.6 is 23.4 Å². The van der Waals surface area contributed by atoms with E-state index in [1.165, 1.54) is 0 Å². The maximum atomic E-state index is 12.8. The molecule has 0 saturated heterocycles. The highest BCUT2D eigenvalue weighted by Gasteiger charge is 2.49. The highest BCUT2D eigenvalue weighted by Crippen LogP contribution is 2.54. The summed E-state index contributed by atoms with van der Waals surface area (Å²) in [6.07, 6.45) is 2.55. The number of rotatable bonds is 12. The van der Waals surface area contributed by atoms with Crippen molar-refractivity contribution in [3.63, 3.8) is 0 Å². The van der Waals surface area contributed by atoms with Crippen LogP contribution in [0.15, 0.2) is 36.4 Å². The molecule has 0 radical (unpaired) electrons. The van der Waals surface area contributed by atoms with Gasteiger partial charge in [-0.15, -0.1) is 11.8 Å². The van der Waals surface area contributed by atoms with Crippen molar-refractivity contribution in [1.29, 1.82) is 0 Å². The third kappa shape index (κ3) is 6.78. The molecular formula is C25H34ClN3O3S. The predicted octanol–water partition coefficient (Wildman–Crippen LogP) is 4.26. The number of nitrogens with one attached hydrogen (secondary N) is 1. The number of aromatic nitrogens is 1. The van der Waals surface area contributed by atoms with E-state index in [0.29, 0.717) is 36.9 Å². The topological polar surface area (TPSA) is 74.6 Å². The average Bonchev–Trinajstić information content (AvgIpc) is 3.41. The van der Waals surface area contributed by atoms with Gasteiger partial charge in [0.25, 0.3) is 5.91 Å². The summed E-state index contributed by atoms with van der Waals surface area (Å²) >= 11 is 7.70. The van der Waals surface area contributed by atoms with Crippen LogP contribution in [0, 0.1) is 6.92 Å². The first-order valence-electron chi connectivity index (χ1n) is 11.3. The van der Waals surface area contributed by atoms with Gasteiger partial charge in [0.1, 0.15) is 5.69 Å². The summed E-state index contributed by atoms with van der Waals surface area (Å²) < 4.78 is 1.70. The lowest BCUT2D eigenvalue weighted by atomic mass is 10.1. The van der Waals surface area contributed by atoms with Crippen molar-refractivity contribution in [3.8, 4) is 0 Å². The molecule has 8 heteroatoms. The Kier molecular flexibility index (Phi) is 8.19. The van der Waals surface area contributed by atoms with Crippen molar-refractivity contribution in [2.75, 3.05) is 13.1 Å². The molecule has 0 bridgehead atoms. The van der Waals surface area contributed by atoms with Gasteiger partial charge in [-0.25, -0.2) is 0 Å². The van der Waals surface area contributed by atoms with E-state index in [0.717, 1.165) is 30.5 Å². The molecule has 1 aromatic heterocycles. The summed E-state index contributed by atoms with van der Waals surface area (Å²) in [4.78, 5) is 26.4. The molecule has 2 aromatic rings. The second-order valence-electron chi connectivity index (χ2n) is 9.46. The molecule has 180 valence electrons. The van der Waals surface area contributed by atoms with E-state index in [1.54, 1.807) is 28.8 Å². The molecule has 1 heterocycles. The van der Waals surface area contributed by atoms with Crippen LogP contribution in [0.2, 0.25) is 5.02 Å². The zero-order chi connectivity index (χ0) is 24.2. The molecule has 2 amide bonds. The second-order valence-corrected chi connectivity index (χ2v) is 12.0. The average molecular weight is 492 g/mol. The largest absolute Gasteiger partial charge is 0.392 e. The molecule has 33 heavy (non-hydrogen) atoms. The maximum Gasteiger partial charge on any atom is 0.268 e. The van der Waals surface area contributed by atoms with Crippen LogP contribution in [-0.2, 0) is 17.9 Å². The van der Waals surface area contributed by atoms with E-state index in [2.05, 4.69) is 5.32 Å². The van der Waals surface area contributed by atoms with Gasteiger partial charge in [0, 0.05) is 46.4 Å². The molecule has 1 aromatic carbocycles. The van der Waals surface area contributed by atoms with Gasteiger partial charge in [-0.3, -0.25) is 9.59 Å². The van der Waals surface area contributed by atoms with Crippen molar-refractivity contribution >= 4 is 35.7 Å². The number of benzene rings is 1. The summed E-state index contributed by atoms with van der Waals surface area (Å²) in [5, 5.41) is 13.7. The maximum absolute atomic E-state index is 12.8. The Labute approximate surface area is 205 Å². The van der Waals surface area contributed by atoms with Crippen LogP contribution < -0.4 is 5.32 Å². The van der Waals surface area contributed by atoms with Gasteiger partial charge in [-0.1, -0.05) is 23.7 Å². The number of thioether (sulfide) groups is 1. The van der Waals surface area contributed by atoms with Crippen molar-refractivity contribution in [2.24, 2.45) is 0 Å². The first-order chi connectivity index (χ1) is 15.5. The smallest absolute Gasteiger partial charge is 0.268 e. The summed E-state index contributed by atoms with van der Waals surface area (Å²) in [7, 11) is 0. The fourth-order valence-corrected chi connectivity index (χ4v) is 5.73. The van der Waals surface area contributed by atoms with Gasteiger partial charge in [0.05, 0.1) is 6.10 Å². The monoisotopic (exact) mass is 491 g/mol. The number of aliphatic hydroxyl groups excluding tert-OH is 1. The van der Waals surface area contributed by atoms with Crippen LogP contribution in [-0.4, -0.2) is 55.6 Å². The summed E-state index contributed by atoms with van der Waals surface area (Å²) in [6.45, 7) is 10.0. The molecular weight excluding hydrogens is 458 g/mol. The Balaban J connectivity index is 1.59. The van der Waals surface area contributed by atoms with Gasteiger partial charge >= 0.3 is 0 Å². The fourth-order valence-electron chi connectivity index (χ4n) is 3.78. The van der Waals surface area contributed by atoms with Gasteiger partial charge in [0.2, 0.25) is 6.41 Å². The van der Waals surface area contributed by atoms with Gasteiger partial charge in [0.15, 0.2) is 0 Å². The molecule has 2 N–H and O–H groups in total. The van der Waals surface area contributed by atoms with Crippen LogP contribution in [0.4, 0.5) is 0 Å².